The molecule has 0 spiro atoms. The van der Waals surface area contributed by atoms with Crippen LogP contribution < -0.4 is 16.0 Å². The van der Waals surface area contributed by atoms with Gasteiger partial charge in [0.1, 0.15) is 0 Å². The van der Waals surface area contributed by atoms with Crippen molar-refractivity contribution in [2.24, 2.45) is 5.41 Å². The molecule has 0 aromatic heterocycles. The average molecular weight is 291 g/mol. The zero-order valence-electron chi connectivity index (χ0n) is 14.4. The third-order valence-electron chi connectivity index (χ3n) is 3.17. The van der Waals surface area contributed by atoms with Crippen molar-refractivity contribution in [2.45, 2.75) is 46.6 Å². The van der Waals surface area contributed by atoms with E-state index in [1.54, 1.807) is 6.07 Å². The van der Waals surface area contributed by atoms with Gasteiger partial charge < -0.3 is 16.0 Å². The van der Waals surface area contributed by atoms with E-state index < -0.39 is 0 Å². The first-order valence-corrected chi connectivity index (χ1v) is 7.31. The fraction of sp³-hybridized carbons (Fsp3) is 0.588. The molecule has 0 radical (unpaired) electrons. The Morgan fingerprint density at radius 2 is 1.76 bits per heavy atom. The lowest BCUT2D eigenvalue weighted by Gasteiger charge is -2.33. The number of nitrogen functional groups attached to an aromatic ring is 1. The molecule has 0 unspecified atom stereocenters. The lowest BCUT2D eigenvalue weighted by Crippen LogP contribution is -2.46. The zero-order valence-corrected chi connectivity index (χ0v) is 14.4. The zero-order chi connectivity index (χ0) is 16.4. The molecule has 0 atom stereocenters. The van der Waals surface area contributed by atoms with Gasteiger partial charge in [-0.2, -0.15) is 0 Å². The summed E-state index contributed by atoms with van der Waals surface area (Å²) in [5.74, 6) is -0.0831. The van der Waals surface area contributed by atoms with Crippen LogP contribution in [0.1, 0.15) is 51.4 Å². The minimum absolute atomic E-state index is 0.0831. The number of carbonyl (C=O) groups is 1. The number of nitrogens with two attached hydrogens (primary N) is 1. The van der Waals surface area contributed by atoms with Gasteiger partial charge in [0, 0.05) is 31.0 Å². The summed E-state index contributed by atoms with van der Waals surface area (Å²) < 4.78 is 0. The molecule has 21 heavy (non-hydrogen) atoms. The molecule has 1 aromatic rings. The predicted octanol–water partition coefficient (Wildman–Crippen LogP) is 3.28. The Morgan fingerprint density at radius 3 is 2.24 bits per heavy atom. The third-order valence-corrected chi connectivity index (χ3v) is 3.17. The van der Waals surface area contributed by atoms with E-state index in [0.717, 1.165) is 12.1 Å². The van der Waals surface area contributed by atoms with Crippen molar-refractivity contribution in [3.63, 3.8) is 0 Å². The monoisotopic (exact) mass is 291 g/mol. The van der Waals surface area contributed by atoms with Gasteiger partial charge in [-0.25, -0.2) is 0 Å². The molecule has 0 fully saturated rings. The maximum absolute atomic E-state index is 12.6. The number of anilines is 2. The quantitative estimate of drug-likeness (QED) is 0.837. The SMILES string of the molecule is CN(C)c1ccc(N)cc1C(=O)NC(C)(C)CC(C)(C)C. The standard InChI is InChI=1S/C17H29N3O/c1-16(2,3)11-17(4,5)19-15(21)13-10-12(18)8-9-14(13)20(6)7/h8-10H,11,18H2,1-7H3,(H,19,21). The van der Waals surface area contributed by atoms with Gasteiger partial charge in [-0.05, 0) is 43.9 Å². The molecule has 0 aliphatic rings. The van der Waals surface area contributed by atoms with Gasteiger partial charge in [0.05, 0.1) is 5.56 Å². The lowest BCUT2D eigenvalue weighted by molar-refractivity contribution is 0.0892. The van der Waals surface area contributed by atoms with Crippen LogP contribution in [0.5, 0.6) is 0 Å². The number of nitrogens with one attached hydrogen (secondary N) is 1. The van der Waals surface area contributed by atoms with Crippen LogP contribution in [0.2, 0.25) is 0 Å². The smallest absolute Gasteiger partial charge is 0.253 e. The third kappa shape index (κ3) is 5.29. The number of amides is 1. The summed E-state index contributed by atoms with van der Waals surface area (Å²) in [6.45, 7) is 10.6. The first kappa shape index (κ1) is 17.3. The molecule has 1 rings (SSSR count). The van der Waals surface area contributed by atoms with Crippen LogP contribution in [-0.2, 0) is 0 Å². The van der Waals surface area contributed by atoms with Gasteiger partial charge in [0.25, 0.3) is 5.91 Å². The molecule has 4 nitrogen and oxygen atoms in total. The summed E-state index contributed by atoms with van der Waals surface area (Å²) in [6, 6.07) is 5.42. The fourth-order valence-corrected chi connectivity index (χ4v) is 2.87. The summed E-state index contributed by atoms with van der Waals surface area (Å²) in [5, 5.41) is 3.13. The molecular weight excluding hydrogens is 262 g/mol. The van der Waals surface area contributed by atoms with Crippen LogP contribution in [0.3, 0.4) is 0 Å². The molecule has 0 saturated carbocycles. The van der Waals surface area contributed by atoms with E-state index in [1.807, 2.05) is 31.1 Å². The van der Waals surface area contributed by atoms with Crippen LogP contribution in [0, 0.1) is 5.41 Å². The van der Waals surface area contributed by atoms with Crippen LogP contribution in [0.4, 0.5) is 11.4 Å². The average Bonchev–Trinajstić information content (AvgIpc) is 2.23. The highest BCUT2D eigenvalue weighted by atomic mass is 16.1. The minimum atomic E-state index is -0.274. The van der Waals surface area contributed by atoms with E-state index >= 15 is 0 Å². The van der Waals surface area contributed by atoms with Crippen LogP contribution in [-0.4, -0.2) is 25.5 Å². The Hall–Kier alpha value is -1.71. The number of rotatable bonds is 4. The second-order valence-corrected chi connectivity index (χ2v) is 7.75. The van der Waals surface area contributed by atoms with Crippen LogP contribution in [0.25, 0.3) is 0 Å². The van der Waals surface area contributed by atoms with Gasteiger partial charge in [-0.1, -0.05) is 20.8 Å². The van der Waals surface area contributed by atoms with Crippen molar-refractivity contribution in [2.75, 3.05) is 24.7 Å². The van der Waals surface area contributed by atoms with E-state index in [-0.39, 0.29) is 16.9 Å². The van der Waals surface area contributed by atoms with Gasteiger partial charge in [-0.15, -0.1) is 0 Å². The number of nitrogens with zero attached hydrogens (tertiary/aromatic N) is 1. The van der Waals surface area contributed by atoms with Crippen molar-refractivity contribution < 1.29 is 4.79 Å². The number of hydrogen-bond donors (Lipinski definition) is 2. The summed E-state index contributed by atoms with van der Waals surface area (Å²) in [5.41, 5.74) is 7.79. The molecule has 1 amide bonds. The number of benzene rings is 1. The maximum Gasteiger partial charge on any atom is 0.253 e. The second-order valence-electron chi connectivity index (χ2n) is 7.75. The summed E-state index contributed by atoms with van der Waals surface area (Å²) >= 11 is 0. The second kappa shape index (κ2) is 5.96. The highest BCUT2D eigenvalue weighted by Gasteiger charge is 2.28. The van der Waals surface area contributed by atoms with E-state index in [4.69, 9.17) is 5.73 Å². The Labute approximate surface area is 128 Å². The normalized spacial score (nSPS) is 12.1. The van der Waals surface area contributed by atoms with Crippen molar-refractivity contribution in [1.29, 1.82) is 0 Å². The number of hydrogen-bond acceptors (Lipinski definition) is 3. The Bertz CT molecular complexity index is 513. The topological polar surface area (TPSA) is 58.4 Å². The molecule has 0 saturated heterocycles. The van der Waals surface area contributed by atoms with E-state index in [0.29, 0.717) is 11.3 Å². The fourth-order valence-electron chi connectivity index (χ4n) is 2.87. The van der Waals surface area contributed by atoms with Crippen molar-refractivity contribution >= 4 is 17.3 Å². The highest BCUT2D eigenvalue weighted by molar-refractivity contribution is 6.01. The van der Waals surface area contributed by atoms with Gasteiger partial charge in [0.2, 0.25) is 0 Å². The largest absolute Gasteiger partial charge is 0.399 e. The maximum atomic E-state index is 12.6. The predicted molar refractivity (Wildman–Crippen MR) is 90.8 cm³/mol. The van der Waals surface area contributed by atoms with Gasteiger partial charge >= 0.3 is 0 Å². The van der Waals surface area contributed by atoms with Gasteiger partial charge in [-0.3, -0.25) is 4.79 Å². The molecule has 0 aliphatic carbocycles. The number of carbonyl (C=O) groups excluding carboxylic acids is 1. The van der Waals surface area contributed by atoms with Crippen LogP contribution in [0.15, 0.2) is 18.2 Å². The molecule has 1 aromatic carbocycles. The highest BCUT2D eigenvalue weighted by Crippen LogP contribution is 2.28. The molecule has 0 bridgehead atoms. The van der Waals surface area contributed by atoms with E-state index in [1.165, 1.54) is 0 Å². The summed E-state index contributed by atoms with van der Waals surface area (Å²) in [6.07, 6.45) is 0.894. The molecular formula is C17H29N3O. The Kier molecular flexibility index (Phi) is 4.92. The molecule has 3 N–H and O–H groups in total. The molecule has 4 heteroatoms. The summed E-state index contributed by atoms with van der Waals surface area (Å²) in [7, 11) is 3.84. The van der Waals surface area contributed by atoms with Crippen molar-refractivity contribution in [3.8, 4) is 0 Å². The first-order chi connectivity index (χ1) is 9.41. The summed E-state index contributed by atoms with van der Waals surface area (Å²) in [4.78, 5) is 14.6. The minimum Gasteiger partial charge on any atom is -0.399 e. The molecule has 0 heterocycles. The van der Waals surface area contributed by atoms with Gasteiger partial charge in [0.15, 0.2) is 0 Å². The van der Waals surface area contributed by atoms with Crippen molar-refractivity contribution in [1.82, 2.24) is 5.32 Å². The lowest BCUT2D eigenvalue weighted by atomic mass is 9.81. The Morgan fingerprint density at radius 1 is 1.19 bits per heavy atom. The van der Waals surface area contributed by atoms with E-state index in [2.05, 4.69) is 39.9 Å². The molecule has 0 aliphatic heterocycles. The van der Waals surface area contributed by atoms with E-state index in [9.17, 15) is 4.79 Å². The first-order valence-electron chi connectivity index (χ1n) is 7.31. The Balaban J connectivity index is 3.02. The molecule has 118 valence electrons. The van der Waals surface area contributed by atoms with Crippen LogP contribution >= 0.6 is 0 Å². The van der Waals surface area contributed by atoms with Crippen molar-refractivity contribution in [3.05, 3.63) is 23.8 Å².